The summed E-state index contributed by atoms with van der Waals surface area (Å²) in [6.07, 6.45) is 1.65. The lowest BCUT2D eigenvalue weighted by Gasteiger charge is -2.24. The van der Waals surface area contributed by atoms with Gasteiger partial charge in [-0.15, -0.1) is 11.3 Å². The number of rotatable bonds is 4. The summed E-state index contributed by atoms with van der Waals surface area (Å²) in [6.45, 7) is 0. The van der Waals surface area contributed by atoms with Crippen LogP contribution in [0.25, 0.3) is 17.0 Å². The first-order valence-electron chi connectivity index (χ1n) is 10.6. The Balaban J connectivity index is 1.73. The molecule has 34 heavy (non-hydrogen) atoms. The number of carbonyl (C=O) groups is 2. The number of hydrogen-bond acceptors (Lipinski definition) is 4. The molecule has 7 heteroatoms. The second kappa shape index (κ2) is 9.14. The smallest absolute Gasteiger partial charge is 0.271 e. The number of nitriles is 1. The normalized spacial score (nSPS) is 15.8. The molecule has 1 aliphatic rings. The van der Waals surface area contributed by atoms with Gasteiger partial charge in [-0.2, -0.15) is 10.3 Å². The standard InChI is InChI=1S/C27H18N4O2S/c28-17-22-16-23(19-10-4-1-5-11-19)30(26(22)33)31-24(20-12-6-2-7-13-20)18-34-27(31)29-25(32)21-14-8-3-9-15-21/h1-16,18,22H. The predicted octanol–water partition coefficient (Wildman–Crippen LogP) is 4.62. The molecule has 0 fully saturated rings. The van der Waals surface area contributed by atoms with Gasteiger partial charge in [-0.05, 0) is 23.8 Å². The molecular formula is C27H18N4O2S. The van der Waals surface area contributed by atoms with Crippen LogP contribution in [0.15, 0.2) is 107 Å². The molecule has 1 unspecified atom stereocenters. The molecule has 2 heterocycles. The van der Waals surface area contributed by atoms with Crippen LogP contribution in [-0.2, 0) is 4.79 Å². The third kappa shape index (κ3) is 3.87. The molecule has 6 nitrogen and oxygen atoms in total. The Kier molecular flexibility index (Phi) is 5.73. The van der Waals surface area contributed by atoms with Gasteiger partial charge >= 0.3 is 0 Å². The van der Waals surface area contributed by atoms with E-state index in [-0.39, 0.29) is 0 Å². The molecule has 0 saturated heterocycles. The fraction of sp³-hybridized carbons (Fsp3) is 0.0370. The quantitative estimate of drug-likeness (QED) is 0.444. The summed E-state index contributed by atoms with van der Waals surface area (Å²) in [7, 11) is 0. The minimum atomic E-state index is -0.941. The van der Waals surface area contributed by atoms with Gasteiger partial charge in [-0.25, -0.2) is 9.69 Å². The highest BCUT2D eigenvalue weighted by Crippen LogP contribution is 2.31. The lowest BCUT2D eigenvalue weighted by Crippen LogP contribution is -2.43. The maximum atomic E-state index is 13.4. The Morgan fingerprint density at radius 1 is 0.882 bits per heavy atom. The van der Waals surface area contributed by atoms with Crippen LogP contribution in [0.5, 0.6) is 0 Å². The predicted molar refractivity (Wildman–Crippen MR) is 131 cm³/mol. The molecule has 3 aromatic carbocycles. The van der Waals surface area contributed by atoms with Gasteiger partial charge < -0.3 is 0 Å². The van der Waals surface area contributed by atoms with E-state index >= 15 is 0 Å². The molecule has 0 radical (unpaired) electrons. The Labute approximate surface area is 200 Å². The van der Waals surface area contributed by atoms with Gasteiger partial charge in [0.15, 0.2) is 0 Å². The highest BCUT2D eigenvalue weighted by Gasteiger charge is 2.36. The first kappa shape index (κ1) is 21.3. The second-order valence-corrected chi connectivity index (χ2v) is 8.38. The van der Waals surface area contributed by atoms with E-state index < -0.39 is 17.7 Å². The average molecular weight is 463 g/mol. The van der Waals surface area contributed by atoms with E-state index in [4.69, 9.17) is 0 Å². The van der Waals surface area contributed by atoms with Gasteiger partial charge in [-0.1, -0.05) is 78.9 Å². The van der Waals surface area contributed by atoms with Crippen LogP contribution < -0.4 is 9.81 Å². The van der Waals surface area contributed by atoms with E-state index in [1.807, 2.05) is 72.1 Å². The van der Waals surface area contributed by atoms with Crippen LogP contribution in [0.2, 0.25) is 0 Å². The highest BCUT2D eigenvalue weighted by atomic mass is 32.1. The first-order chi connectivity index (χ1) is 16.7. The summed E-state index contributed by atoms with van der Waals surface area (Å²) < 4.78 is 1.64. The molecule has 1 aliphatic heterocycles. The van der Waals surface area contributed by atoms with Crippen molar-refractivity contribution >= 4 is 28.8 Å². The SMILES string of the molecule is N#CC1C=C(c2ccccc2)N(n2c(-c3ccccc3)csc2=NC(=O)c2ccccc2)C1=O. The molecular weight excluding hydrogens is 444 g/mol. The summed E-state index contributed by atoms with van der Waals surface area (Å²) in [6, 6.07) is 29.8. The molecule has 0 bridgehead atoms. The largest absolute Gasteiger partial charge is 0.279 e. The van der Waals surface area contributed by atoms with Crippen molar-refractivity contribution in [2.75, 3.05) is 5.01 Å². The number of benzene rings is 3. The molecule has 164 valence electrons. The number of carbonyl (C=O) groups excluding carboxylic acids is 2. The van der Waals surface area contributed by atoms with Crippen molar-refractivity contribution in [3.63, 3.8) is 0 Å². The summed E-state index contributed by atoms with van der Waals surface area (Å²) in [5.41, 5.74) is 3.35. The van der Waals surface area contributed by atoms with E-state index in [0.717, 1.165) is 11.1 Å². The summed E-state index contributed by atoms with van der Waals surface area (Å²) in [5, 5.41) is 13.0. The third-order valence-corrected chi connectivity index (χ3v) is 6.23. The van der Waals surface area contributed by atoms with Crippen LogP contribution in [-0.4, -0.2) is 16.5 Å². The molecule has 1 atom stereocenters. The summed E-state index contributed by atoms with van der Waals surface area (Å²) in [5.74, 6) is -1.75. The molecule has 0 aliphatic carbocycles. The van der Waals surface area contributed by atoms with Crippen LogP contribution in [0.4, 0.5) is 0 Å². The maximum absolute atomic E-state index is 13.4. The topological polar surface area (TPSA) is 78.5 Å². The van der Waals surface area contributed by atoms with Gasteiger partial charge in [0.05, 0.1) is 17.5 Å². The summed E-state index contributed by atoms with van der Waals surface area (Å²) in [4.78, 5) is 31.1. The van der Waals surface area contributed by atoms with Crippen molar-refractivity contribution in [1.29, 1.82) is 5.26 Å². The van der Waals surface area contributed by atoms with Crippen LogP contribution in [0.1, 0.15) is 15.9 Å². The molecule has 4 aromatic rings. The number of hydrogen-bond donors (Lipinski definition) is 0. The zero-order valence-corrected chi connectivity index (χ0v) is 18.7. The Hall–Kier alpha value is -4.54. The van der Waals surface area contributed by atoms with Crippen molar-refractivity contribution in [1.82, 2.24) is 4.68 Å². The number of thiazole rings is 1. The monoisotopic (exact) mass is 462 g/mol. The zero-order valence-electron chi connectivity index (χ0n) is 17.9. The molecule has 0 N–H and O–H groups in total. The second-order valence-electron chi connectivity index (χ2n) is 7.54. The minimum absolute atomic E-state index is 0.335. The Bertz CT molecular complexity index is 1500. The van der Waals surface area contributed by atoms with Crippen molar-refractivity contribution < 1.29 is 9.59 Å². The molecule has 5 rings (SSSR count). The van der Waals surface area contributed by atoms with E-state index in [1.165, 1.54) is 16.3 Å². The zero-order chi connectivity index (χ0) is 23.5. The molecule has 0 saturated carbocycles. The molecule has 2 amide bonds. The number of nitrogens with zero attached hydrogens (tertiary/aromatic N) is 4. The third-order valence-electron chi connectivity index (χ3n) is 5.41. The van der Waals surface area contributed by atoms with Gasteiger partial charge in [-0.3, -0.25) is 9.59 Å². The molecule has 0 spiro atoms. The van der Waals surface area contributed by atoms with E-state index in [2.05, 4.69) is 11.1 Å². The minimum Gasteiger partial charge on any atom is -0.271 e. The van der Waals surface area contributed by atoms with E-state index in [0.29, 0.717) is 21.8 Å². The van der Waals surface area contributed by atoms with Crippen LogP contribution in [0.3, 0.4) is 0 Å². The van der Waals surface area contributed by atoms with E-state index in [1.54, 1.807) is 35.0 Å². The van der Waals surface area contributed by atoms with Gasteiger partial charge in [0.2, 0.25) is 4.80 Å². The van der Waals surface area contributed by atoms with Gasteiger partial charge in [0.1, 0.15) is 5.92 Å². The fourth-order valence-corrected chi connectivity index (χ4v) is 4.65. The van der Waals surface area contributed by atoms with Crippen molar-refractivity contribution in [3.8, 4) is 17.3 Å². The lowest BCUT2D eigenvalue weighted by atomic mass is 10.1. The Morgan fingerprint density at radius 2 is 1.47 bits per heavy atom. The van der Waals surface area contributed by atoms with Gasteiger partial charge in [0, 0.05) is 16.5 Å². The highest BCUT2D eigenvalue weighted by molar-refractivity contribution is 7.07. The first-order valence-corrected chi connectivity index (χ1v) is 11.5. The average Bonchev–Trinajstić information content (AvgIpc) is 3.45. The van der Waals surface area contributed by atoms with E-state index in [9.17, 15) is 14.9 Å². The maximum Gasteiger partial charge on any atom is 0.279 e. The number of aromatic nitrogens is 1. The van der Waals surface area contributed by atoms with Gasteiger partial charge in [0.25, 0.3) is 11.8 Å². The lowest BCUT2D eigenvalue weighted by molar-refractivity contribution is -0.119. The fourth-order valence-electron chi connectivity index (χ4n) is 3.79. The summed E-state index contributed by atoms with van der Waals surface area (Å²) >= 11 is 1.26. The van der Waals surface area contributed by atoms with Crippen molar-refractivity contribution in [2.45, 2.75) is 0 Å². The molecule has 1 aromatic heterocycles. The van der Waals surface area contributed by atoms with Crippen molar-refractivity contribution in [3.05, 3.63) is 118 Å². The number of amides is 2. The van der Waals surface area contributed by atoms with Crippen LogP contribution in [0, 0.1) is 17.2 Å². The Morgan fingerprint density at radius 3 is 2.09 bits per heavy atom. The van der Waals surface area contributed by atoms with Crippen molar-refractivity contribution in [2.24, 2.45) is 10.9 Å². The van der Waals surface area contributed by atoms with Crippen LogP contribution >= 0.6 is 11.3 Å².